The van der Waals surface area contributed by atoms with E-state index in [0.29, 0.717) is 17.4 Å². The van der Waals surface area contributed by atoms with Crippen LogP contribution in [0.25, 0.3) is 0 Å². The van der Waals surface area contributed by atoms with Crippen LogP contribution in [0.2, 0.25) is 5.02 Å². The van der Waals surface area contributed by atoms with Gasteiger partial charge in [-0.3, -0.25) is 4.79 Å². The van der Waals surface area contributed by atoms with Crippen LogP contribution in [0.15, 0.2) is 66.1 Å². The summed E-state index contributed by atoms with van der Waals surface area (Å²) in [7, 11) is 0. The first-order valence-electron chi connectivity index (χ1n) is 9.35. The number of carbonyl (C=O) groups excluding carboxylic acids is 1. The molecule has 6 heteroatoms. The molecule has 140 valence electrons. The van der Waals surface area contributed by atoms with Crippen molar-refractivity contribution >= 4 is 23.3 Å². The molecule has 1 aromatic heterocycles. The van der Waals surface area contributed by atoms with Gasteiger partial charge in [0.15, 0.2) is 5.78 Å². The van der Waals surface area contributed by atoms with Crippen LogP contribution in [0.1, 0.15) is 41.5 Å². The molecule has 0 saturated carbocycles. The van der Waals surface area contributed by atoms with Crippen molar-refractivity contribution in [2.24, 2.45) is 0 Å². The molecule has 0 bridgehead atoms. The van der Waals surface area contributed by atoms with Crippen molar-refractivity contribution in [1.82, 2.24) is 14.8 Å². The highest BCUT2D eigenvalue weighted by molar-refractivity contribution is 6.30. The van der Waals surface area contributed by atoms with E-state index in [-0.39, 0.29) is 17.7 Å². The molecule has 2 aromatic carbocycles. The predicted molar refractivity (Wildman–Crippen MR) is 108 cm³/mol. The van der Waals surface area contributed by atoms with Crippen LogP contribution in [0.3, 0.4) is 0 Å². The molecule has 0 fully saturated rings. The minimum atomic E-state index is -0.280. The Balaban J connectivity index is 1.58. The van der Waals surface area contributed by atoms with Crippen LogP contribution >= 0.6 is 11.6 Å². The lowest BCUT2D eigenvalue weighted by atomic mass is 9.78. The van der Waals surface area contributed by atoms with E-state index >= 15 is 0 Å². The lowest BCUT2D eigenvalue weighted by molar-refractivity contribution is -0.116. The van der Waals surface area contributed by atoms with E-state index in [1.165, 1.54) is 17.5 Å². The molecule has 0 saturated heterocycles. The Kier molecular flexibility index (Phi) is 4.05. The summed E-state index contributed by atoms with van der Waals surface area (Å²) in [5.41, 5.74) is 5.12. The fraction of sp³-hybridized carbons (Fsp3) is 0.227. The van der Waals surface area contributed by atoms with Gasteiger partial charge in [-0.15, -0.1) is 0 Å². The molecule has 3 aromatic rings. The number of nitrogens with zero attached hydrogens (tertiary/aromatic N) is 3. The van der Waals surface area contributed by atoms with Crippen LogP contribution in [-0.2, 0) is 4.79 Å². The molecule has 0 unspecified atom stereocenters. The van der Waals surface area contributed by atoms with Crippen LogP contribution in [0.4, 0.5) is 5.95 Å². The summed E-state index contributed by atoms with van der Waals surface area (Å²) in [6.07, 6.45) is 2.80. The first-order valence-corrected chi connectivity index (χ1v) is 9.73. The van der Waals surface area contributed by atoms with Gasteiger partial charge < -0.3 is 5.32 Å². The van der Waals surface area contributed by atoms with Gasteiger partial charge in [-0.1, -0.05) is 53.6 Å². The first-order chi connectivity index (χ1) is 13.6. The highest BCUT2D eigenvalue weighted by Gasteiger charge is 2.39. The summed E-state index contributed by atoms with van der Waals surface area (Å²) >= 11 is 6.07. The quantitative estimate of drug-likeness (QED) is 0.691. The summed E-state index contributed by atoms with van der Waals surface area (Å²) in [5.74, 6) is 0.983. The van der Waals surface area contributed by atoms with Crippen molar-refractivity contribution in [3.05, 3.63) is 87.8 Å². The Hall–Kier alpha value is -2.92. The summed E-state index contributed by atoms with van der Waals surface area (Å²) in [4.78, 5) is 17.6. The molecule has 2 heterocycles. The molecule has 1 aliphatic heterocycles. The Morgan fingerprint density at radius 1 is 1.04 bits per heavy atom. The van der Waals surface area contributed by atoms with Crippen molar-refractivity contribution in [2.75, 3.05) is 5.32 Å². The van der Waals surface area contributed by atoms with E-state index in [1.807, 2.05) is 24.3 Å². The van der Waals surface area contributed by atoms with Gasteiger partial charge in [0.05, 0.1) is 0 Å². The Morgan fingerprint density at radius 2 is 1.75 bits per heavy atom. The number of carbonyl (C=O) groups is 1. The third-order valence-electron chi connectivity index (χ3n) is 5.60. The number of anilines is 1. The molecule has 5 rings (SSSR count). The van der Waals surface area contributed by atoms with Gasteiger partial charge in [0.25, 0.3) is 0 Å². The summed E-state index contributed by atoms with van der Waals surface area (Å²) < 4.78 is 1.78. The molecule has 2 aliphatic rings. The molecule has 1 N–H and O–H groups in total. The number of aromatic nitrogens is 3. The monoisotopic (exact) mass is 390 g/mol. The second-order valence-electron chi connectivity index (χ2n) is 7.44. The highest BCUT2D eigenvalue weighted by Crippen LogP contribution is 2.43. The van der Waals surface area contributed by atoms with Gasteiger partial charge in [-0.05, 0) is 42.5 Å². The second-order valence-corrected chi connectivity index (χ2v) is 7.87. The van der Waals surface area contributed by atoms with Gasteiger partial charge in [-0.25, -0.2) is 4.68 Å². The number of fused-ring (bicyclic) bond motifs is 1. The molecule has 1 aliphatic carbocycles. The number of halogens is 1. The van der Waals surface area contributed by atoms with Gasteiger partial charge in [0.2, 0.25) is 5.95 Å². The number of Topliss-reactive ketones (excluding diaryl/α,β-unsaturated/α-hetero) is 1. The minimum Gasteiger partial charge on any atom is -0.328 e. The molecular formula is C22H19ClN4O. The lowest BCUT2D eigenvalue weighted by Crippen LogP contribution is -2.33. The number of rotatable bonds is 2. The van der Waals surface area contributed by atoms with E-state index in [1.54, 1.807) is 4.68 Å². The zero-order chi connectivity index (χ0) is 19.3. The molecule has 28 heavy (non-hydrogen) atoms. The highest BCUT2D eigenvalue weighted by atomic mass is 35.5. The summed E-state index contributed by atoms with van der Waals surface area (Å²) in [6.45, 7) is 2.07. The Morgan fingerprint density at radius 3 is 2.50 bits per heavy atom. The number of allylic oxidation sites excluding steroid dienone is 2. The molecule has 0 radical (unpaired) electrons. The van der Waals surface area contributed by atoms with E-state index in [2.05, 4.69) is 46.6 Å². The number of aryl methyl sites for hydroxylation is 1. The minimum absolute atomic E-state index is 0.153. The molecular weight excluding hydrogens is 372 g/mol. The van der Waals surface area contributed by atoms with Gasteiger partial charge in [0, 0.05) is 22.7 Å². The van der Waals surface area contributed by atoms with Crippen LogP contribution in [-0.4, -0.2) is 20.5 Å². The molecule has 0 spiro atoms. The van der Waals surface area contributed by atoms with Crippen molar-refractivity contribution < 1.29 is 4.79 Å². The standard InChI is InChI=1S/C22H19ClN4O/c1-13-2-4-14(5-3-13)16-10-18-20(19(28)11-16)21(15-6-8-17(23)9-7-15)27-22(26-18)24-12-25-27/h2-9,12,16,21H,10-11H2,1H3,(H,24,25,26)/t16-,21+/m1/s1. The maximum atomic E-state index is 13.3. The van der Waals surface area contributed by atoms with E-state index in [4.69, 9.17) is 11.6 Å². The van der Waals surface area contributed by atoms with Crippen LogP contribution < -0.4 is 5.32 Å². The molecule has 2 atom stereocenters. The average molecular weight is 391 g/mol. The van der Waals surface area contributed by atoms with Crippen LogP contribution in [0.5, 0.6) is 0 Å². The third kappa shape index (κ3) is 2.83. The Bertz CT molecular complexity index is 1080. The number of ketones is 1. The topological polar surface area (TPSA) is 59.8 Å². The average Bonchev–Trinajstić information content (AvgIpc) is 3.16. The Labute approximate surface area is 168 Å². The SMILES string of the molecule is Cc1ccc([C@H]2CC(=O)C3=C(C2)Nc2ncnn2[C@H]3c2ccc(Cl)cc2)cc1. The molecule has 5 nitrogen and oxygen atoms in total. The van der Waals surface area contributed by atoms with Crippen molar-refractivity contribution in [2.45, 2.75) is 31.7 Å². The van der Waals surface area contributed by atoms with Gasteiger partial charge >= 0.3 is 0 Å². The third-order valence-corrected chi connectivity index (χ3v) is 5.85. The smallest absolute Gasteiger partial charge is 0.226 e. The number of hydrogen-bond acceptors (Lipinski definition) is 4. The maximum absolute atomic E-state index is 13.3. The lowest BCUT2D eigenvalue weighted by Gasteiger charge is -2.35. The van der Waals surface area contributed by atoms with E-state index in [9.17, 15) is 4.79 Å². The first kappa shape index (κ1) is 17.2. The van der Waals surface area contributed by atoms with Crippen LogP contribution in [0, 0.1) is 6.92 Å². The fourth-order valence-corrected chi connectivity index (χ4v) is 4.31. The normalized spacial score (nSPS) is 21.1. The van der Waals surface area contributed by atoms with Crippen molar-refractivity contribution in [3.63, 3.8) is 0 Å². The van der Waals surface area contributed by atoms with Crippen molar-refractivity contribution in [3.8, 4) is 0 Å². The van der Waals surface area contributed by atoms with Gasteiger partial charge in [0.1, 0.15) is 12.4 Å². The number of nitrogens with one attached hydrogen (secondary N) is 1. The van der Waals surface area contributed by atoms with E-state index < -0.39 is 0 Å². The molecule has 0 amide bonds. The van der Waals surface area contributed by atoms with Crippen molar-refractivity contribution in [1.29, 1.82) is 0 Å². The maximum Gasteiger partial charge on any atom is 0.226 e. The zero-order valence-electron chi connectivity index (χ0n) is 15.4. The predicted octanol–water partition coefficient (Wildman–Crippen LogP) is 4.66. The van der Waals surface area contributed by atoms with E-state index in [0.717, 1.165) is 23.3 Å². The second kappa shape index (κ2) is 6.60. The number of hydrogen-bond donors (Lipinski definition) is 1. The largest absolute Gasteiger partial charge is 0.328 e. The fourth-order valence-electron chi connectivity index (χ4n) is 4.18. The summed E-state index contributed by atoms with van der Waals surface area (Å²) in [6, 6.07) is 15.8. The number of benzene rings is 2. The van der Waals surface area contributed by atoms with Gasteiger partial charge in [-0.2, -0.15) is 10.1 Å². The summed E-state index contributed by atoms with van der Waals surface area (Å²) in [5, 5.41) is 8.39. The zero-order valence-corrected chi connectivity index (χ0v) is 16.1.